The van der Waals surface area contributed by atoms with Gasteiger partial charge in [0.25, 0.3) is 5.91 Å². The van der Waals surface area contributed by atoms with Crippen LogP contribution in [0.4, 0.5) is 4.79 Å². The largest absolute Gasteiger partial charge is 0.511 e. The molecule has 1 heterocycles. The number of rotatable bonds is 11. The highest BCUT2D eigenvalue weighted by Gasteiger charge is 2.26. The summed E-state index contributed by atoms with van der Waals surface area (Å²) >= 11 is 0. The summed E-state index contributed by atoms with van der Waals surface area (Å²) in [7, 11) is 1.40. The number of hydrogen-bond donors (Lipinski definition) is 2. The molecule has 2 rings (SSSR count). The Hall–Kier alpha value is -4.41. The summed E-state index contributed by atoms with van der Waals surface area (Å²) in [6.45, 7) is 12.4. The van der Waals surface area contributed by atoms with Crippen molar-refractivity contribution in [2.24, 2.45) is 5.92 Å². The van der Waals surface area contributed by atoms with Gasteiger partial charge in [0.1, 0.15) is 11.4 Å². The first-order chi connectivity index (χ1) is 17.9. The summed E-state index contributed by atoms with van der Waals surface area (Å²) in [5.74, 6) is -2.42. The standard InChI is InChI=1S/C27H32N2O9/c1-8-17-11-20(25(31)32)19(12-22(17)35-7)18-9-10-21(24(30)28-13-14(2)3)29-23(18)26(33)37-16(6)38-27(34)36-15(4)5/h8-12,14-16H,1,13H2,2-7H3,(H,28,30)(H,31,32). The second kappa shape index (κ2) is 13.2. The minimum Gasteiger partial charge on any atom is -0.496 e. The molecule has 2 N–H and O–H groups in total. The van der Waals surface area contributed by atoms with E-state index in [4.69, 9.17) is 18.9 Å². The van der Waals surface area contributed by atoms with E-state index in [1.165, 1.54) is 44.4 Å². The third-order valence-electron chi connectivity index (χ3n) is 4.97. The first kappa shape index (κ1) is 29.8. The number of esters is 1. The molecule has 0 radical (unpaired) electrons. The van der Waals surface area contributed by atoms with E-state index in [-0.39, 0.29) is 34.0 Å². The van der Waals surface area contributed by atoms with Gasteiger partial charge in [0.15, 0.2) is 5.69 Å². The van der Waals surface area contributed by atoms with Crippen molar-refractivity contribution in [3.63, 3.8) is 0 Å². The fraction of sp³-hybridized carbons (Fsp3) is 0.370. The van der Waals surface area contributed by atoms with E-state index in [0.717, 1.165) is 0 Å². The van der Waals surface area contributed by atoms with E-state index < -0.39 is 36.4 Å². The minimum absolute atomic E-state index is 0.0543. The summed E-state index contributed by atoms with van der Waals surface area (Å²) in [5, 5.41) is 12.6. The van der Waals surface area contributed by atoms with Crippen LogP contribution in [0.3, 0.4) is 0 Å². The molecule has 0 bridgehead atoms. The minimum atomic E-state index is -1.38. The SMILES string of the molecule is C=Cc1cc(C(=O)O)c(-c2ccc(C(=O)NCC(C)C)nc2C(=O)OC(C)OC(=O)OC(C)C)cc1OC. The number of nitrogens with zero attached hydrogens (tertiary/aromatic N) is 1. The van der Waals surface area contributed by atoms with Gasteiger partial charge in [0, 0.05) is 30.2 Å². The zero-order valence-corrected chi connectivity index (χ0v) is 22.2. The normalized spacial score (nSPS) is 11.5. The van der Waals surface area contributed by atoms with Crippen LogP contribution in [0, 0.1) is 5.92 Å². The average molecular weight is 529 g/mol. The zero-order valence-electron chi connectivity index (χ0n) is 22.2. The molecular weight excluding hydrogens is 496 g/mol. The number of carbonyl (C=O) groups excluding carboxylic acids is 3. The van der Waals surface area contributed by atoms with Crippen LogP contribution in [-0.2, 0) is 14.2 Å². The zero-order chi connectivity index (χ0) is 28.6. The van der Waals surface area contributed by atoms with E-state index in [1.54, 1.807) is 13.8 Å². The van der Waals surface area contributed by atoms with Gasteiger partial charge >= 0.3 is 18.1 Å². The fourth-order valence-corrected chi connectivity index (χ4v) is 3.26. The Labute approximate surface area is 220 Å². The summed E-state index contributed by atoms with van der Waals surface area (Å²) < 4.78 is 20.4. The number of pyridine rings is 1. The number of carboxylic acids is 1. The van der Waals surface area contributed by atoms with E-state index in [2.05, 4.69) is 16.9 Å². The predicted octanol–water partition coefficient (Wildman–Crippen LogP) is 4.55. The number of nitrogens with one attached hydrogen (secondary N) is 1. The van der Waals surface area contributed by atoms with Crippen LogP contribution in [0.5, 0.6) is 5.75 Å². The number of carboxylic acid groups (broad SMARTS) is 1. The quantitative estimate of drug-likeness (QED) is 0.314. The molecule has 0 aliphatic carbocycles. The van der Waals surface area contributed by atoms with Crippen LogP contribution in [-0.4, -0.2) is 60.1 Å². The Morgan fingerprint density at radius 3 is 2.26 bits per heavy atom. The van der Waals surface area contributed by atoms with Gasteiger partial charge < -0.3 is 29.4 Å². The number of aromatic nitrogens is 1. The molecule has 0 fully saturated rings. The number of amides is 1. The highest BCUT2D eigenvalue weighted by Crippen LogP contribution is 2.34. The van der Waals surface area contributed by atoms with Crippen molar-refractivity contribution in [3.05, 3.63) is 53.4 Å². The summed E-state index contributed by atoms with van der Waals surface area (Å²) in [6, 6.07) is 5.52. The summed E-state index contributed by atoms with van der Waals surface area (Å²) in [6.07, 6.45) is -1.45. The maximum Gasteiger partial charge on any atom is 0.511 e. The second-order valence-electron chi connectivity index (χ2n) is 8.85. The molecule has 11 nitrogen and oxygen atoms in total. The maximum absolute atomic E-state index is 13.2. The van der Waals surface area contributed by atoms with Gasteiger partial charge in [-0.25, -0.2) is 19.4 Å². The average Bonchev–Trinajstić information content (AvgIpc) is 2.85. The molecule has 2 aromatic rings. The monoisotopic (exact) mass is 528 g/mol. The smallest absolute Gasteiger partial charge is 0.496 e. The molecule has 204 valence electrons. The third kappa shape index (κ3) is 7.79. The molecule has 0 aliphatic rings. The van der Waals surface area contributed by atoms with Gasteiger partial charge in [-0.15, -0.1) is 0 Å². The number of aromatic carboxylic acids is 1. The van der Waals surface area contributed by atoms with Gasteiger partial charge in [-0.1, -0.05) is 26.5 Å². The molecule has 0 aliphatic heterocycles. The van der Waals surface area contributed by atoms with Crippen LogP contribution in [0.15, 0.2) is 30.8 Å². The number of carbonyl (C=O) groups is 4. The Balaban J connectivity index is 2.61. The molecular formula is C27H32N2O9. The molecule has 1 aromatic carbocycles. The van der Waals surface area contributed by atoms with Crippen LogP contribution >= 0.6 is 0 Å². The molecule has 0 saturated carbocycles. The Morgan fingerprint density at radius 2 is 1.71 bits per heavy atom. The molecule has 1 aromatic heterocycles. The van der Waals surface area contributed by atoms with E-state index in [1.807, 2.05) is 13.8 Å². The number of hydrogen-bond acceptors (Lipinski definition) is 9. The third-order valence-corrected chi connectivity index (χ3v) is 4.97. The lowest BCUT2D eigenvalue weighted by atomic mass is 9.95. The Bertz CT molecular complexity index is 1220. The lowest BCUT2D eigenvalue weighted by molar-refractivity contribution is -0.0868. The molecule has 1 atom stereocenters. The van der Waals surface area contributed by atoms with Crippen molar-refractivity contribution < 1.29 is 43.2 Å². The highest BCUT2D eigenvalue weighted by atomic mass is 16.8. The van der Waals surface area contributed by atoms with Gasteiger partial charge in [-0.3, -0.25) is 4.79 Å². The lowest BCUT2D eigenvalue weighted by Gasteiger charge is -2.18. The number of ether oxygens (including phenoxy) is 4. The first-order valence-corrected chi connectivity index (χ1v) is 11.8. The fourth-order valence-electron chi connectivity index (χ4n) is 3.26. The van der Waals surface area contributed by atoms with Gasteiger partial charge in [0.05, 0.1) is 18.8 Å². The first-order valence-electron chi connectivity index (χ1n) is 11.8. The van der Waals surface area contributed by atoms with Gasteiger partial charge in [-0.05, 0) is 44.0 Å². The Kier molecular flexibility index (Phi) is 10.4. The molecule has 0 saturated heterocycles. The van der Waals surface area contributed by atoms with E-state index in [9.17, 15) is 24.3 Å². The van der Waals surface area contributed by atoms with Gasteiger partial charge in [0.2, 0.25) is 6.29 Å². The predicted molar refractivity (Wildman–Crippen MR) is 138 cm³/mol. The molecule has 0 spiro atoms. The molecule has 11 heteroatoms. The van der Waals surface area contributed by atoms with Crippen LogP contribution in [0.25, 0.3) is 17.2 Å². The highest BCUT2D eigenvalue weighted by molar-refractivity contribution is 6.03. The van der Waals surface area contributed by atoms with Crippen LogP contribution in [0.2, 0.25) is 0 Å². The van der Waals surface area contributed by atoms with Crippen molar-refractivity contribution in [1.82, 2.24) is 10.3 Å². The van der Waals surface area contributed by atoms with Crippen molar-refractivity contribution in [2.45, 2.75) is 47.0 Å². The van der Waals surface area contributed by atoms with Crippen LogP contribution in [0.1, 0.15) is 71.5 Å². The summed E-state index contributed by atoms with van der Waals surface area (Å²) in [5.41, 5.74) is -0.0778. The van der Waals surface area contributed by atoms with Crippen molar-refractivity contribution in [3.8, 4) is 16.9 Å². The maximum atomic E-state index is 13.2. The molecule has 1 amide bonds. The van der Waals surface area contributed by atoms with Crippen molar-refractivity contribution in [1.29, 1.82) is 0 Å². The number of methoxy groups -OCH3 is 1. The topological polar surface area (TPSA) is 150 Å². The summed E-state index contributed by atoms with van der Waals surface area (Å²) in [4.78, 5) is 54.0. The van der Waals surface area contributed by atoms with Crippen LogP contribution < -0.4 is 10.1 Å². The second-order valence-corrected chi connectivity index (χ2v) is 8.85. The van der Waals surface area contributed by atoms with E-state index >= 15 is 0 Å². The Morgan fingerprint density at radius 1 is 1.03 bits per heavy atom. The van der Waals surface area contributed by atoms with Crippen molar-refractivity contribution >= 4 is 30.1 Å². The van der Waals surface area contributed by atoms with Crippen molar-refractivity contribution in [2.75, 3.05) is 13.7 Å². The molecule has 1 unspecified atom stereocenters. The van der Waals surface area contributed by atoms with Gasteiger partial charge in [-0.2, -0.15) is 0 Å². The lowest BCUT2D eigenvalue weighted by Crippen LogP contribution is -2.29. The van der Waals surface area contributed by atoms with E-state index in [0.29, 0.717) is 17.9 Å². The number of benzene rings is 1. The molecule has 38 heavy (non-hydrogen) atoms.